The molecular formula is C28H30N2O4. The summed E-state index contributed by atoms with van der Waals surface area (Å²) in [6.07, 6.45) is 4.08. The zero-order chi connectivity index (χ0) is 23.1. The molecule has 1 aliphatic heterocycles. The van der Waals surface area contributed by atoms with Gasteiger partial charge in [0.2, 0.25) is 0 Å². The van der Waals surface area contributed by atoms with Crippen molar-refractivity contribution in [3.8, 4) is 11.3 Å². The van der Waals surface area contributed by atoms with Crippen molar-refractivity contribution in [3.63, 3.8) is 0 Å². The molecule has 3 aromatic rings. The van der Waals surface area contributed by atoms with E-state index in [1.807, 2.05) is 47.4 Å². The number of fused-ring (bicyclic) bond motifs is 2. The number of aromatic nitrogens is 1. The standard InChI is InChI=1S/C28H30N2O4/c1-18-7-5-6-10-23(18)26-24(27(34-29-26)20-11-12-20)17-32-25-14-22-13-21(25)15-30(22)28(31)33-16-19-8-3-2-4-9-19/h2-10,20-22,25H,11-17H2,1H3/t21-,22-,25+/m0/s1. The van der Waals surface area contributed by atoms with E-state index >= 15 is 0 Å². The molecule has 0 radical (unpaired) electrons. The lowest BCUT2D eigenvalue weighted by atomic mass is 10.0. The molecule has 34 heavy (non-hydrogen) atoms. The van der Waals surface area contributed by atoms with Crippen molar-refractivity contribution >= 4 is 6.09 Å². The van der Waals surface area contributed by atoms with Gasteiger partial charge >= 0.3 is 6.09 Å². The fraction of sp³-hybridized carbons (Fsp3) is 0.429. The summed E-state index contributed by atoms with van der Waals surface area (Å²) in [5, 5.41) is 4.46. The predicted octanol–water partition coefficient (Wildman–Crippen LogP) is 5.84. The van der Waals surface area contributed by atoms with Crippen molar-refractivity contribution in [2.45, 2.75) is 63.9 Å². The third-order valence-electron chi connectivity index (χ3n) is 7.53. The Labute approximate surface area is 199 Å². The highest BCUT2D eigenvalue weighted by Crippen LogP contribution is 2.45. The highest BCUT2D eigenvalue weighted by molar-refractivity contribution is 5.69. The van der Waals surface area contributed by atoms with Crippen molar-refractivity contribution in [1.29, 1.82) is 0 Å². The molecule has 6 rings (SSSR count). The Balaban J connectivity index is 1.09. The van der Waals surface area contributed by atoms with E-state index < -0.39 is 0 Å². The number of hydrogen-bond acceptors (Lipinski definition) is 5. The van der Waals surface area contributed by atoms with Crippen LogP contribution in [0, 0.1) is 12.8 Å². The smallest absolute Gasteiger partial charge is 0.410 e. The van der Waals surface area contributed by atoms with Crippen molar-refractivity contribution < 1.29 is 18.8 Å². The molecule has 2 saturated carbocycles. The summed E-state index contributed by atoms with van der Waals surface area (Å²) in [4.78, 5) is 14.6. The molecule has 176 valence electrons. The SMILES string of the molecule is Cc1ccccc1-c1noc(C2CC2)c1CO[C@@H]1C[C@@H]2C[C@H]1CN2C(=O)OCc1ccccc1. The van der Waals surface area contributed by atoms with Gasteiger partial charge < -0.3 is 18.9 Å². The van der Waals surface area contributed by atoms with Gasteiger partial charge in [0.1, 0.15) is 18.1 Å². The molecule has 2 aliphatic carbocycles. The fourth-order valence-corrected chi connectivity index (χ4v) is 5.50. The zero-order valence-corrected chi connectivity index (χ0v) is 19.5. The Morgan fingerprint density at radius 1 is 1.06 bits per heavy atom. The van der Waals surface area contributed by atoms with Gasteiger partial charge in [0.05, 0.1) is 12.7 Å². The Bertz CT molecular complexity index is 1170. The maximum atomic E-state index is 12.7. The number of ether oxygens (including phenoxy) is 2. The average Bonchev–Trinajstić information content (AvgIpc) is 3.31. The van der Waals surface area contributed by atoms with Gasteiger partial charge in [0.25, 0.3) is 0 Å². The quantitative estimate of drug-likeness (QED) is 0.445. The van der Waals surface area contributed by atoms with Crippen LogP contribution in [0.2, 0.25) is 0 Å². The number of aryl methyl sites for hydroxylation is 1. The van der Waals surface area contributed by atoms with Crippen molar-refractivity contribution in [2.24, 2.45) is 5.92 Å². The Kier molecular flexibility index (Phi) is 5.61. The van der Waals surface area contributed by atoms with Gasteiger partial charge in [-0.3, -0.25) is 0 Å². The largest absolute Gasteiger partial charge is 0.445 e. The molecule has 3 aliphatic rings. The van der Waals surface area contributed by atoms with Gasteiger partial charge in [-0.25, -0.2) is 4.79 Å². The summed E-state index contributed by atoms with van der Waals surface area (Å²) in [5.74, 6) is 1.81. The first-order chi connectivity index (χ1) is 16.7. The molecular weight excluding hydrogens is 428 g/mol. The average molecular weight is 459 g/mol. The van der Waals surface area contributed by atoms with E-state index in [0.29, 0.717) is 31.6 Å². The summed E-state index contributed by atoms with van der Waals surface area (Å²) < 4.78 is 17.9. The number of hydrogen-bond donors (Lipinski definition) is 0. The van der Waals surface area contributed by atoms with Crippen LogP contribution in [-0.2, 0) is 22.7 Å². The maximum Gasteiger partial charge on any atom is 0.410 e. The number of carbonyl (C=O) groups is 1. The van der Waals surface area contributed by atoms with Gasteiger partial charge in [-0.15, -0.1) is 0 Å². The van der Waals surface area contributed by atoms with Gasteiger partial charge in [0.15, 0.2) is 0 Å². The van der Waals surface area contributed by atoms with Gasteiger partial charge in [-0.05, 0) is 43.7 Å². The molecule has 1 amide bonds. The van der Waals surface area contributed by atoms with E-state index in [0.717, 1.165) is 53.8 Å². The van der Waals surface area contributed by atoms with Crippen LogP contribution in [0.4, 0.5) is 4.79 Å². The van der Waals surface area contributed by atoms with E-state index in [-0.39, 0.29) is 18.2 Å². The monoisotopic (exact) mass is 458 g/mol. The predicted molar refractivity (Wildman–Crippen MR) is 127 cm³/mol. The van der Waals surface area contributed by atoms with Gasteiger partial charge in [0, 0.05) is 35.5 Å². The number of carbonyl (C=O) groups excluding carboxylic acids is 1. The second-order valence-corrected chi connectivity index (χ2v) is 9.89. The first-order valence-corrected chi connectivity index (χ1v) is 12.3. The van der Waals surface area contributed by atoms with Crippen LogP contribution in [0.3, 0.4) is 0 Å². The number of piperidine rings is 1. The number of likely N-dealkylation sites (tertiary alicyclic amines) is 1. The minimum absolute atomic E-state index is 0.148. The first-order valence-electron chi connectivity index (χ1n) is 12.3. The second-order valence-electron chi connectivity index (χ2n) is 9.89. The number of rotatable bonds is 7. The lowest BCUT2D eigenvalue weighted by Crippen LogP contribution is -2.42. The van der Waals surface area contributed by atoms with Crippen LogP contribution in [0.15, 0.2) is 59.1 Å². The van der Waals surface area contributed by atoms with Crippen LogP contribution in [0.1, 0.15) is 54.1 Å². The van der Waals surface area contributed by atoms with E-state index in [1.54, 1.807) is 0 Å². The first kappa shape index (κ1) is 21.4. The third kappa shape index (κ3) is 4.11. The highest BCUT2D eigenvalue weighted by atomic mass is 16.6. The van der Waals surface area contributed by atoms with E-state index in [2.05, 4.69) is 24.2 Å². The summed E-state index contributed by atoms with van der Waals surface area (Å²) in [6.45, 7) is 3.62. The molecule has 6 nitrogen and oxygen atoms in total. The van der Waals surface area contributed by atoms with Crippen molar-refractivity contribution in [3.05, 3.63) is 77.0 Å². The van der Waals surface area contributed by atoms with Crippen LogP contribution in [0.25, 0.3) is 11.3 Å². The number of benzene rings is 2. The minimum Gasteiger partial charge on any atom is -0.445 e. The highest BCUT2D eigenvalue weighted by Gasteiger charge is 2.48. The maximum absolute atomic E-state index is 12.7. The Morgan fingerprint density at radius 3 is 2.59 bits per heavy atom. The third-order valence-corrected chi connectivity index (χ3v) is 7.53. The van der Waals surface area contributed by atoms with E-state index in [1.165, 1.54) is 5.56 Å². The number of amides is 1. The molecule has 1 saturated heterocycles. The molecule has 0 N–H and O–H groups in total. The molecule has 2 heterocycles. The van der Waals surface area contributed by atoms with Gasteiger partial charge in [-0.1, -0.05) is 59.8 Å². The molecule has 0 unspecified atom stereocenters. The van der Waals surface area contributed by atoms with E-state index in [9.17, 15) is 4.79 Å². The molecule has 2 aromatic carbocycles. The fourth-order valence-electron chi connectivity index (χ4n) is 5.50. The van der Waals surface area contributed by atoms with Crippen molar-refractivity contribution in [2.75, 3.05) is 6.54 Å². The molecule has 3 atom stereocenters. The normalized spacial score (nSPS) is 23.4. The summed E-state index contributed by atoms with van der Waals surface area (Å²) in [6, 6.07) is 18.3. The van der Waals surface area contributed by atoms with Crippen LogP contribution >= 0.6 is 0 Å². The summed E-state index contributed by atoms with van der Waals surface area (Å²) in [5.41, 5.74) is 5.31. The second kappa shape index (κ2) is 8.91. The van der Waals surface area contributed by atoms with Crippen LogP contribution in [-0.4, -0.2) is 34.8 Å². The van der Waals surface area contributed by atoms with Crippen molar-refractivity contribution in [1.82, 2.24) is 10.1 Å². The zero-order valence-electron chi connectivity index (χ0n) is 19.5. The lowest BCUT2D eigenvalue weighted by Gasteiger charge is -2.31. The number of nitrogens with zero attached hydrogens (tertiary/aromatic N) is 2. The van der Waals surface area contributed by atoms with Gasteiger partial charge in [-0.2, -0.15) is 0 Å². The molecule has 3 fully saturated rings. The molecule has 1 aromatic heterocycles. The topological polar surface area (TPSA) is 64.8 Å². The molecule has 2 bridgehead atoms. The Hall–Kier alpha value is -3.12. The minimum atomic E-state index is -0.216. The van der Waals surface area contributed by atoms with Crippen LogP contribution in [0.5, 0.6) is 0 Å². The molecule has 6 heteroatoms. The van der Waals surface area contributed by atoms with E-state index in [4.69, 9.17) is 14.0 Å². The molecule has 0 spiro atoms. The summed E-state index contributed by atoms with van der Waals surface area (Å²) in [7, 11) is 0. The Morgan fingerprint density at radius 2 is 1.85 bits per heavy atom. The summed E-state index contributed by atoms with van der Waals surface area (Å²) >= 11 is 0. The lowest BCUT2D eigenvalue weighted by molar-refractivity contribution is -0.0114. The van der Waals surface area contributed by atoms with Crippen LogP contribution < -0.4 is 0 Å².